The predicted octanol–water partition coefficient (Wildman–Crippen LogP) is 1.52. The van der Waals surface area contributed by atoms with E-state index in [0.29, 0.717) is 0 Å². The molecule has 0 fully saturated rings. The number of carboxylic acids is 1. The fourth-order valence-electron chi connectivity index (χ4n) is 1.02. The van der Waals surface area contributed by atoms with E-state index in [2.05, 4.69) is 10.1 Å². The summed E-state index contributed by atoms with van der Waals surface area (Å²) in [5.74, 6) is -2.55. The van der Waals surface area contributed by atoms with Gasteiger partial charge in [-0.1, -0.05) is 17.7 Å². The van der Waals surface area contributed by atoms with E-state index in [1.807, 2.05) is 0 Å². The van der Waals surface area contributed by atoms with Gasteiger partial charge in [-0.15, -0.1) is 0 Å². The van der Waals surface area contributed by atoms with Crippen LogP contribution < -0.4 is 5.32 Å². The molecule has 7 heteroatoms. The lowest BCUT2D eigenvalue weighted by molar-refractivity contribution is -0.143. The van der Waals surface area contributed by atoms with Gasteiger partial charge in [-0.05, 0) is 12.1 Å². The van der Waals surface area contributed by atoms with Gasteiger partial charge < -0.3 is 15.2 Å². The van der Waals surface area contributed by atoms with Gasteiger partial charge in [0.05, 0.1) is 10.7 Å². The maximum Gasteiger partial charge on any atom is 0.329 e. The molecular weight excluding hydrogens is 253 g/mol. The fourth-order valence-corrected chi connectivity index (χ4v) is 1.23. The summed E-state index contributed by atoms with van der Waals surface area (Å²) in [7, 11) is 0. The summed E-state index contributed by atoms with van der Waals surface area (Å²) in [5, 5.41) is 10.5. The summed E-state index contributed by atoms with van der Waals surface area (Å²) in [6, 6.07) is 3.95. The van der Waals surface area contributed by atoms with Crippen molar-refractivity contribution in [3.05, 3.63) is 29.0 Å². The van der Waals surface area contributed by atoms with Crippen molar-refractivity contribution in [1.29, 1.82) is 0 Å². The third kappa shape index (κ3) is 4.38. The van der Waals surface area contributed by atoms with Gasteiger partial charge in [-0.2, -0.15) is 0 Å². The quantitative estimate of drug-likeness (QED) is 0.843. The van der Waals surface area contributed by atoms with Crippen molar-refractivity contribution in [3.63, 3.8) is 0 Å². The van der Waals surface area contributed by atoms with E-state index < -0.39 is 30.9 Å². The van der Waals surface area contributed by atoms with Gasteiger partial charge in [0.2, 0.25) is 0 Å². The first-order valence-electron chi connectivity index (χ1n) is 4.54. The highest BCUT2D eigenvalue weighted by molar-refractivity contribution is 6.33. The minimum atomic E-state index is -1.19. The summed E-state index contributed by atoms with van der Waals surface area (Å²) in [4.78, 5) is 21.4. The zero-order valence-corrected chi connectivity index (χ0v) is 9.33. The number of benzene rings is 1. The Balaban J connectivity index is 2.53. The molecule has 0 unspecified atom stereocenters. The maximum absolute atomic E-state index is 13.2. The van der Waals surface area contributed by atoms with Crippen LogP contribution in [0.2, 0.25) is 5.02 Å². The van der Waals surface area contributed by atoms with Crippen LogP contribution >= 0.6 is 11.6 Å². The van der Waals surface area contributed by atoms with E-state index in [-0.39, 0.29) is 10.7 Å². The number of hydrogen-bond acceptors (Lipinski definition) is 3. The van der Waals surface area contributed by atoms with E-state index in [4.69, 9.17) is 16.7 Å². The molecule has 0 spiro atoms. The van der Waals surface area contributed by atoms with Crippen molar-refractivity contribution < 1.29 is 23.8 Å². The number of carboxylic acid groups (broad SMARTS) is 1. The molecule has 2 N–H and O–H groups in total. The lowest BCUT2D eigenvalue weighted by atomic mass is 10.3. The molecule has 0 radical (unpaired) electrons. The number of hydrogen-bond donors (Lipinski definition) is 2. The van der Waals surface area contributed by atoms with E-state index >= 15 is 0 Å². The van der Waals surface area contributed by atoms with Crippen LogP contribution in [-0.4, -0.2) is 30.2 Å². The minimum Gasteiger partial charge on any atom is -0.480 e. The smallest absolute Gasteiger partial charge is 0.329 e. The van der Waals surface area contributed by atoms with Crippen LogP contribution in [-0.2, 0) is 14.3 Å². The summed E-state index contributed by atoms with van der Waals surface area (Å²) in [6.07, 6.45) is 0. The van der Waals surface area contributed by atoms with Gasteiger partial charge in [-0.25, -0.2) is 9.18 Å². The molecule has 0 atom stereocenters. The number of ether oxygens (including phenoxy) is 1. The Morgan fingerprint density at radius 2 is 2.12 bits per heavy atom. The molecule has 0 aliphatic rings. The van der Waals surface area contributed by atoms with Gasteiger partial charge in [0, 0.05) is 0 Å². The normalized spacial score (nSPS) is 10.0. The molecule has 5 nitrogen and oxygen atoms in total. The van der Waals surface area contributed by atoms with Crippen molar-refractivity contribution >= 4 is 29.2 Å². The molecule has 0 heterocycles. The van der Waals surface area contributed by atoms with Crippen molar-refractivity contribution in [1.82, 2.24) is 0 Å². The zero-order chi connectivity index (χ0) is 12.8. The van der Waals surface area contributed by atoms with Crippen LogP contribution in [0.3, 0.4) is 0 Å². The first-order chi connectivity index (χ1) is 8.00. The number of carbonyl (C=O) groups is 2. The fraction of sp³-hybridized carbons (Fsp3) is 0.200. The van der Waals surface area contributed by atoms with Crippen LogP contribution in [0, 0.1) is 5.82 Å². The van der Waals surface area contributed by atoms with E-state index in [1.54, 1.807) is 0 Å². The first kappa shape index (κ1) is 13.4. The third-order valence-electron chi connectivity index (χ3n) is 1.69. The van der Waals surface area contributed by atoms with E-state index in [0.717, 1.165) is 6.07 Å². The molecule has 0 aliphatic heterocycles. The average Bonchev–Trinajstić information content (AvgIpc) is 2.23. The number of halogens is 2. The van der Waals surface area contributed by atoms with Crippen molar-refractivity contribution in [2.24, 2.45) is 0 Å². The largest absolute Gasteiger partial charge is 0.480 e. The number of para-hydroxylation sites is 1. The molecule has 0 saturated carbocycles. The van der Waals surface area contributed by atoms with Crippen molar-refractivity contribution in [3.8, 4) is 0 Å². The highest BCUT2D eigenvalue weighted by Crippen LogP contribution is 2.24. The topological polar surface area (TPSA) is 75.6 Å². The molecule has 0 bridgehead atoms. The molecule has 1 rings (SSSR count). The van der Waals surface area contributed by atoms with Gasteiger partial charge in [0.25, 0.3) is 5.91 Å². The Morgan fingerprint density at radius 3 is 2.71 bits per heavy atom. The average molecular weight is 262 g/mol. The van der Waals surface area contributed by atoms with Crippen LogP contribution in [0.25, 0.3) is 0 Å². The van der Waals surface area contributed by atoms with Crippen LogP contribution in [0.15, 0.2) is 18.2 Å². The number of carbonyl (C=O) groups excluding carboxylic acids is 1. The molecule has 0 aromatic heterocycles. The Kier molecular flexibility index (Phi) is 4.86. The van der Waals surface area contributed by atoms with Gasteiger partial charge in [0.15, 0.2) is 0 Å². The standard InChI is InChI=1S/C10H9ClFNO4/c11-6-2-1-3-7(12)10(6)13-8(14)4-17-5-9(15)16/h1-3H,4-5H2,(H,13,14)(H,15,16). The molecule has 1 amide bonds. The number of amides is 1. The molecule has 0 aliphatic carbocycles. The Labute approximate surface area is 101 Å². The second-order valence-corrected chi connectivity index (χ2v) is 3.44. The number of rotatable bonds is 5. The Bertz CT molecular complexity index is 418. The number of nitrogens with one attached hydrogen (secondary N) is 1. The number of aliphatic carboxylic acids is 1. The van der Waals surface area contributed by atoms with Crippen molar-refractivity contribution in [2.75, 3.05) is 18.5 Å². The highest BCUT2D eigenvalue weighted by Gasteiger charge is 2.11. The summed E-state index contributed by atoms with van der Waals surface area (Å²) >= 11 is 5.67. The Morgan fingerprint density at radius 1 is 1.41 bits per heavy atom. The van der Waals surface area contributed by atoms with Crippen molar-refractivity contribution in [2.45, 2.75) is 0 Å². The van der Waals surface area contributed by atoms with Gasteiger partial charge >= 0.3 is 5.97 Å². The van der Waals surface area contributed by atoms with E-state index in [9.17, 15) is 14.0 Å². The lowest BCUT2D eigenvalue weighted by Crippen LogP contribution is -2.21. The summed E-state index contributed by atoms with van der Waals surface area (Å²) < 4.78 is 17.8. The van der Waals surface area contributed by atoms with Crippen LogP contribution in [0.1, 0.15) is 0 Å². The maximum atomic E-state index is 13.2. The first-order valence-corrected chi connectivity index (χ1v) is 4.92. The van der Waals surface area contributed by atoms with E-state index in [1.165, 1.54) is 12.1 Å². The molecule has 0 saturated heterocycles. The van der Waals surface area contributed by atoms with Crippen LogP contribution in [0.5, 0.6) is 0 Å². The summed E-state index contributed by atoms with van der Waals surface area (Å²) in [5.41, 5.74) is -0.155. The van der Waals surface area contributed by atoms with Gasteiger partial charge in [0.1, 0.15) is 19.0 Å². The monoisotopic (exact) mass is 261 g/mol. The molecule has 1 aromatic carbocycles. The minimum absolute atomic E-state index is 0.0524. The number of anilines is 1. The second kappa shape index (κ2) is 6.17. The molecule has 17 heavy (non-hydrogen) atoms. The Hall–Kier alpha value is -1.66. The molecule has 92 valence electrons. The molecule has 1 aromatic rings. The molecular formula is C10H9ClFNO4. The lowest BCUT2D eigenvalue weighted by Gasteiger charge is -2.07. The van der Waals surface area contributed by atoms with Crippen LogP contribution in [0.4, 0.5) is 10.1 Å². The second-order valence-electron chi connectivity index (χ2n) is 3.03. The SMILES string of the molecule is O=C(O)COCC(=O)Nc1c(F)cccc1Cl. The predicted molar refractivity (Wildman–Crippen MR) is 58.5 cm³/mol. The highest BCUT2D eigenvalue weighted by atomic mass is 35.5. The zero-order valence-electron chi connectivity index (χ0n) is 8.57. The third-order valence-corrected chi connectivity index (χ3v) is 2.00. The summed E-state index contributed by atoms with van der Waals surface area (Å²) in [6.45, 7) is -1.09. The van der Waals surface area contributed by atoms with Gasteiger partial charge in [-0.3, -0.25) is 4.79 Å².